The molecule has 1 N–H and O–H groups in total. The van der Waals surface area contributed by atoms with Gasteiger partial charge in [0.15, 0.2) is 0 Å². The molecule has 0 unspecified atom stereocenters. The van der Waals surface area contributed by atoms with Crippen LogP contribution in [0.25, 0.3) is 0 Å². The van der Waals surface area contributed by atoms with Crippen LogP contribution in [0.3, 0.4) is 0 Å². The predicted molar refractivity (Wildman–Crippen MR) is 46.0 cm³/mol. The van der Waals surface area contributed by atoms with Crippen molar-refractivity contribution in [1.82, 2.24) is 4.98 Å². The molecule has 0 spiro atoms. The second kappa shape index (κ2) is 3.49. The fourth-order valence-electron chi connectivity index (χ4n) is 1.44. The van der Waals surface area contributed by atoms with Crippen molar-refractivity contribution in [2.45, 2.75) is 35.8 Å². The number of rotatable bonds is 2. The third kappa shape index (κ3) is 1.64. The number of aromatic nitrogens is 1. The molecule has 1 heterocycles. The molecule has 1 aromatic rings. The van der Waals surface area contributed by atoms with Gasteiger partial charge in [0, 0.05) is 5.25 Å². The lowest BCUT2D eigenvalue weighted by molar-refractivity contribution is 0.187. The van der Waals surface area contributed by atoms with E-state index in [2.05, 4.69) is 4.98 Å². The van der Waals surface area contributed by atoms with E-state index in [0.717, 1.165) is 19.3 Å². The molecule has 3 nitrogen and oxygen atoms in total. The quantitative estimate of drug-likeness (QED) is 0.761. The van der Waals surface area contributed by atoms with E-state index >= 15 is 0 Å². The molecule has 12 heavy (non-hydrogen) atoms. The molecule has 66 valence electrons. The van der Waals surface area contributed by atoms with Crippen LogP contribution in [0, 0.1) is 0 Å². The van der Waals surface area contributed by atoms with Gasteiger partial charge in [0.25, 0.3) is 5.22 Å². The zero-order valence-electron chi connectivity index (χ0n) is 6.64. The van der Waals surface area contributed by atoms with Gasteiger partial charge in [-0.3, -0.25) is 0 Å². The Labute approximate surface area is 75.2 Å². The molecule has 0 saturated heterocycles. The van der Waals surface area contributed by atoms with Crippen LogP contribution in [-0.2, 0) is 0 Å². The molecule has 2 rings (SSSR count). The van der Waals surface area contributed by atoms with E-state index < -0.39 is 0 Å². The minimum Gasteiger partial charge on any atom is -0.440 e. The Morgan fingerprint density at radius 1 is 1.58 bits per heavy atom. The summed E-state index contributed by atoms with van der Waals surface area (Å²) in [6.45, 7) is 0. The molecule has 0 aromatic carbocycles. The molecule has 0 radical (unpaired) electrons. The molecule has 2 atom stereocenters. The van der Waals surface area contributed by atoms with E-state index in [1.807, 2.05) is 0 Å². The van der Waals surface area contributed by atoms with Crippen molar-refractivity contribution in [3.05, 3.63) is 12.5 Å². The van der Waals surface area contributed by atoms with E-state index in [-0.39, 0.29) is 11.4 Å². The van der Waals surface area contributed by atoms with Crippen LogP contribution in [0.5, 0.6) is 0 Å². The Balaban J connectivity index is 1.95. The smallest absolute Gasteiger partial charge is 0.255 e. The third-order valence-corrected chi connectivity index (χ3v) is 3.34. The maximum atomic E-state index is 9.50. The van der Waals surface area contributed by atoms with E-state index in [1.165, 1.54) is 11.8 Å². The van der Waals surface area contributed by atoms with Gasteiger partial charge in [0.05, 0.1) is 12.3 Å². The SMILES string of the molecule is O[C@H]1CCC[C@@H]1Sc1ncco1. The van der Waals surface area contributed by atoms with Crippen molar-refractivity contribution >= 4 is 11.8 Å². The Morgan fingerprint density at radius 3 is 3.08 bits per heavy atom. The highest BCUT2D eigenvalue weighted by molar-refractivity contribution is 7.99. The van der Waals surface area contributed by atoms with Crippen LogP contribution in [0.2, 0.25) is 0 Å². The first-order valence-corrected chi connectivity index (χ1v) is 4.98. The molecule has 1 aliphatic carbocycles. The average molecular weight is 185 g/mol. The van der Waals surface area contributed by atoms with Crippen molar-refractivity contribution < 1.29 is 9.52 Å². The molecular weight excluding hydrogens is 174 g/mol. The summed E-state index contributed by atoms with van der Waals surface area (Å²) in [5.74, 6) is 0. The largest absolute Gasteiger partial charge is 0.440 e. The number of thioether (sulfide) groups is 1. The Morgan fingerprint density at radius 2 is 2.50 bits per heavy atom. The van der Waals surface area contributed by atoms with Gasteiger partial charge in [0.1, 0.15) is 6.26 Å². The molecule has 4 heteroatoms. The molecule has 0 amide bonds. The number of hydrogen-bond donors (Lipinski definition) is 1. The van der Waals surface area contributed by atoms with Crippen molar-refractivity contribution in [1.29, 1.82) is 0 Å². The minimum atomic E-state index is -0.179. The maximum Gasteiger partial charge on any atom is 0.255 e. The second-order valence-corrected chi connectivity index (χ2v) is 4.14. The molecule has 0 aliphatic heterocycles. The van der Waals surface area contributed by atoms with Crippen molar-refractivity contribution in [2.75, 3.05) is 0 Å². The van der Waals surface area contributed by atoms with E-state index in [9.17, 15) is 5.11 Å². The summed E-state index contributed by atoms with van der Waals surface area (Å²) in [6, 6.07) is 0. The fourth-order valence-corrected chi connectivity index (χ4v) is 2.51. The number of aliphatic hydroxyl groups is 1. The van der Waals surface area contributed by atoms with Gasteiger partial charge in [-0.2, -0.15) is 0 Å². The molecule has 0 bridgehead atoms. The van der Waals surface area contributed by atoms with E-state index in [1.54, 1.807) is 12.5 Å². The maximum absolute atomic E-state index is 9.50. The highest BCUT2D eigenvalue weighted by atomic mass is 32.2. The summed E-state index contributed by atoms with van der Waals surface area (Å²) in [4.78, 5) is 4.00. The monoisotopic (exact) mass is 185 g/mol. The van der Waals surface area contributed by atoms with Crippen molar-refractivity contribution in [3.8, 4) is 0 Å². The second-order valence-electron chi connectivity index (χ2n) is 2.95. The standard InChI is InChI=1S/C8H11NO2S/c10-6-2-1-3-7(6)12-8-9-4-5-11-8/h4-7,10H,1-3H2/t6-,7-/m0/s1. The molecule has 1 fully saturated rings. The van der Waals surface area contributed by atoms with Crippen LogP contribution < -0.4 is 0 Å². The lowest BCUT2D eigenvalue weighted by atomic mass is 10.3. The normalized spacial score (nSPS) is 29.4. The summed E-state index contributed by atoms with van der Waals surface area (Å²) in [6.07, 6.45) is 6.10. The lowest BCUT2D eigenvalue weighted by Gasteiger charge is -2.10. The number of hydrogen-bond acceptors (Lipinski definition) is 4. The van der Waals surface area contributed by atoms with Crippen molar-refractivity contribution in [2.24, 2.45) is 0 Å². The van der Waals surface area contributed by atoms with Crippen LogP contribution in [-0.4, -0.2) is 21.4 Å². The van der Waals surface area contributed by atoms with Crippen LogP contribution in [0.4, 0.5) is 0 Å². The third-order valence-electron chi connectivity index (χ3n) is 2.08. The van der Waals surface area contributed by atoms with Gasteiger partial charge in [-0.05, 0) is 19.3 Å². The van der Waals surface area contributed by atoms with Crippen molar-refractivity contribution in [3.63, 3.8) is 0 Å². The minimum absolute atomic E-state index is 0.179. The first-order valence-electron chi connectivity index (χ1n) is 4.10. The number of aliphatic hydroxyl groups excluding tert-OH is 1. The average Bonchev–Trinajstić information content (AvgIpc) is 2.65. The lowest BCUT2D eigenvalue weighted by Crippen LogP contribution is -2.14. The van der Waals surface area contributed by atoms with Gasteiger partial charge in [-0.1, -0.05) is 11.8 Å². The molecule has 1 aromatic heterocycles. The highest BCUT2D eigenvalue weighted by Gasteiger charge is 2.27. The summed E-state index contributed by atoms with van der Waals surface area (Å²) in [5.41, 5.74) is 0. The summed E-state index contributed by atoms with van der Waals surface area (Å²) in [5, 5.41) is 10.4. The topological polar surface area (TPSA) is 46.3 Å². The van der Waals surface area contributed by atoms with Gasteiger partial charge >= 0.3 is 0 Å². The van der Waals surface area contributed by atoms with Gasteiger partial charge in [0.2, 0.25) is 0 Å². The summed E-state index contributed by atoms with van der Waals surface area (Å²) < 4.78 is 5.08. The first-order chi connectivity index (χ1) is 5.86. The van der Waals surface area contributed by atoms with Crippen LogP contribution in [0.1, 0.15) is 19.3 Å². The Kier molecular flexibility index (Phi) is 2.37. The first kappa shape index (κ1) is 8.13. The Hall–Kier alpha value is -0.480. The zero-order valence-corrected chi connectivity index (χ0v) is 7.46. The zero-order chi connectivity index (χ0) is 8.39. The van der Waals surface area contributed by atoms with Crippen LogP contribution in [0.15, 0.2) is 22.1 Å². The summed E-state index contributed by atoms with van der Waals surface area (Å²) in [7, 11) is 0. The predicted octanol–water partition coefficient (Wildman–Crippen LogP) is 1.68. The number of nitrogens with zero attached hydrogens (tertiary/aromatic N) is 1. The number of oxazole rings is 1. The van der Waals surface area contributed by atoms with Crippen LogP contribution >= 0.6 is 11.8 Å². The molecular formula is C8H11NO2S. The van der Waals surface area contributed by atoms with Gasteiger partial charge in [-0.25, -0.2) is 4.98 Å². The summed E-state index contributed by atoms with van der Waals surface area (Å²) >= 11 is 1.54. The molecule has 1 saturated carbocycles. The highest BCUT2D eigenvalue weighted by Crippen LogP contribution is 2.33. The van der Waals surface area contributed by atoms with Gasteiger partial charge in [-0.15, -0.1) is 0 Å². The molecule has 1 aliphatic rings. The fraction of sp³-hybridized carbons (Fsp3) is 0.625. The van der Waals surface area contributed by atoms with E-state index in [4.69, 9.17) is 4.42 Å². The van der Waals surface area contributed by atoms with E-state index in [0.29, 0.717) is 5.22 Å². The van der Waals surface area contributed by atoms with Gasteiger partial charge < -0.3 is 9.52 Å². The Bertz CT molecular complexity index is 237.